The first-order valence-electron chi connectivity index (χ1n) is 9.27. The maximum absolute atomic E-state index is 12.9. The van der Waals surface area contributed by atoms with Crippen molar-refractivity contribution in [2.75, 3.05) is 17.2 Å². The third-order valence-corrected chi connectivity index (χ3v) is 7.25. The van der Waals surface area contributed by atoms with Gasteiger partial charge in [0.05, 0.1) is 17.2 Å². The molecule has 0 N–H and O–H groups in total. The Kier molecular flexibility index (Phi) is 5.31. The molecule has 0 fully saturated rings. The van der Waals surface area contributed by atoms with Gasteiger partial charge < -0.3 is 4.90 Å². The highest BCUT2D eigenvalue weighted by atomic mass is 35.5. The number of fused-ring (bicyclic) bond motifs is 1. The van der Waals surface area contributed by atoms with Crippen molar-refractivity contribution < 1.29 is 8.42 Å². The molecule has 0 saturated carbocycles. The van der Waals surface area contributed by atoms with Crippen LogP contribution in [0.1, 0.15) is 5.56 Å². The molecule has 1 atom stereocenters. The van der Waals surface area contributed by atoms with Gasteiger partial charge in [0.2, 0.25) is 0 Å². The van der Waals surface area contributed by atoms with E-state index in [4.69, 9.17) is 18.2 Å². The Bertz CT molecular complexity index is 1190. The summed E-state index contributed by atoms with van der Waals surface area (Å²) in [6.07, 6.45) is 0.613. The second-order valence-corrected chi connectivity index (χ2v) is 9.65. The van der Waals surface area contributed by atoms with Crippen LogP contribution in [0.3, 0.4) is 0 Å². The molecule has 3 aromatic carbocycles. The SMILES string of the molecule is [C-]#[N+]c1ccc2c(c1)CC(CS(=O)(=O)c1ccccc1)CN2c1cccc(Cl)c1. The summed E-state index contributed by atoms with van der Waals surface area (Å²) in [7, 11) is -3.41. The second-order valence-electron chi connectivity index (χ2n) is 7.18. The first-order chi connectivity index (χ1) is 14.0. The predicted octanol–water partition coefficient (Wildman–Crippen LogP) is 5.68. The number of halogens is 1. The van der Waals surface area contributed by atoms with Crippen molar-refractivity contribution in [3.8, 4) is 0 Å². The Labute approximate surface area is 176 Å². The van der Waals surface area contributed by atoms with E-state index in [9.17, 15) is 8.42 Å². The van der Waals surface area contributed by atoms with E-state index in [0.29, 0.717) is 28.6 Å². The zero-order valence-corrected chi connectivity index (χ0v) is 17.2. The lowest BCUT2D eigenvalue weighted by atomic mass is 9.93. The fraction of sp³-hybridized carbons (Fsp3) is 0.174. The van der Waals surface area contributed by atoms with Crippen molar-refractivity contribution in [1.29, 1.82) is 0 Å². The number of anilines is 2. The number of benzene rings is 3. The van der Waals surface area contributed by atoms with E-state index in [1.165, 1.54) is 0 Å². The summed E-state index contributed by atoms with van der Waals surface area (Å²) >= 11 is 6.20. The molecule has 1 unspecified atom stereocenters. The highest BCUT2D eigenvalue weighted by molar-refractivity contribution is 7.91. The summed E-state index contributed by atoms with van der Waals surface area (Å²) in [4.78, 5) is 5.97. The summed E-state index contributed by atoms with van der Waals surface area (Å²) < 4.78 is 25.9. The van der Waals surface area contributed by atoms with Gasteiger partial charge in [0.15, 0.2) is 15.5 Å². The number of hydrogen-bond donors (Lipinski definition) is 0. The molecular weight excluding hydrogens is 404 g/mol. The van der Waals surface area contributed by atoms with Crippen molar-refractivity contribution in [3.05, 3.63) is 94.8 Å². The van der Waals surface area contributed by atoms with Crippen molar-refractivity contribution in [3.63, 3.8) is 0 Å². The van der Waals surface area contributed by atoms with E-state index < -0.39 is 9.84 Å². The lowest BCUT2D eigenvalue weighted by Gasteiger charge is -2.36. The van der Waals surface area contributed by atoms with Crippen molar-refractivity contribution in [2.45, 2.75) is 11.3 Å². The largest absolute Gasteiger partial charge is 0.341 e. The van der Waals surface area contributed by atoms with Crippen LogP contribution in [0.4, 0.5) is 17.1 Å². The summed E-state index contributed by atoms with van der Waals surface area (Å²) in [5.74, 6) is -0.0527. The molecule has 29 heavy (non-hydrogen) atoms. The van der Waals surface area contributed by atoms with Gasteiger partial charge in [0.25, 0.3) is 0 Å². The molecule has 1 aliphatic rings. The molecule has 1 heterocycles. The fourth-order valence-electron chi connectivity index (χ4n) is 3.83. The number of hydrogen-bond acceptors (Lipinski definition) is 3. The quantitative estimate of drug-likeness (QED) is 0.508. The van der Waals surface area contributed by atoms with Crippen LogP contribution in [0.5, 0.6) is 0 Å². The minimum atomic E-state index is -3.41. The van der Waals surface area contributed by atoms with E-state index >= 15 is 0 Å². The van der Waals surface area contributed by atoms with E-state index in [1.54, 1.807) is 30.3 Å². The Morgan fingerprint density at radius 1 is 1.03 bits per heavy atom. The molecular formula is C23H19ClN2O2S. The van der Waals surface area contributed by atoms with E-state index in [-0.39, 0.29) is 11.7 Å². The summed E-state index contributed by atoms with van der Waals surface area (Å²) in [6.45, 7) is 7.87. The Morgan fingerprint density at radius 2 is 1.83 bits per heavy atom. The Hall–Kier alpha value is -2.81. The van der Waals surface area contributed by atoms with Gasteiger partial charge in [0.1, 0.15) is 0 Å². The molecule has 0 bridgehead atoms. The minimum absolute atomic E-state index is 0.0514. The van der Waals surface area contributed by atoms with Crippen LogP contribution in [-0.4, -0.2) is 20.7 Å². The van der Waals surface area contributed by atoms with E-state index in [0.717, 1.165) is 16.9 Å². The van der Waals surface area contributed by atoms with Crippen LogP contribution in [0.2, 0.25) is 5.02 Å². The van der Waals surface area contributed by atoms with Gasteiger partial charge in [-0.2, -0.15) is 0 Å². The lowest BCUT2D eigenvalue weighted by Crippen LogP contribution is -2.35. The topological polar surface area (TPSA) is 41.7 Å². The lowest BCUT2D eigenvalue weighted by molar-refractivity contribution is 0.537. The van der Waals surface area contributed by atoms with Gasteiger partial charge >= 0.3 is 0 Å². The van der Waals surface area contributed by atoms with Crippen LogP contribution >= 0.6 is 11.6 Å². The van der Waals surface area contributed by atoms with Crippen LogP contribution in [-0.2, 0) is 16.3 Å². The maximum Gasteiger partial charge on any atom is 0.187 e. The minimum Gasteiger partial charge on any atom is -0.341 e. The van der Waals surface area contributed by atoms with Crippen LogP contribution in [0.25, 0.3) is 4.85 Å². The molecule has 0 amide bonds. The Balaban J connectivity index is 1.71. The highest BCUT2D eigenvalue weighted by Gasteiger charge is 2.30. The molecule has 0 aromatic heterocycles. The third kappa shape index (κ3) is 4.14. The average molecular weight is 423 g/mol. The van der Waals surface area contributed by atoms with Gasteiger partial charge in [-0.25, -0.2) is 13.3 Å². The molecule has 6 heteroatoms. The number of rotatable bonds is 4. The molecule has 4 rings (SSSR count). The number of nitrogens with zero attached hydrogens (tertiary/aromatic N) is 2. The van der Waals surface area contributed by atoms with Crippen LogP contribution < -0.4 is 4.90 Å². The first kappa shape index (κ1) is 19.5. The number of sulfone groups is 1. The molecule has 146 valence electrons. The van der Waals surface area contributed by atoms with E-state index in [2.05, 4.69) is 9.74 Å². The third-order valence-electron chi connectivity index (χ3n) is 5.11. The summed E-state index contributed by atoms with van der Waals surface area (Å²) in [5, 5.41) is 0.626. The van der Waals surface area contributed by atoms with Gasteiger partial charge in [0, 0.05) is 22.9 Å². The smallest absolute Gasteiger partial charge is 0.187 e. The standard InChI is InChI=1S/C23H19ClN2O2S/c1-25-20-10-11-23-18(13-20)12-17(15-26(23)21-7-5-6-19(24)14-21)16-29(27,28)22-8-3-2-4-9-22/h2-11,13-14,17H,12,15-16H2. The molecule has 0 saturated heterocycles. The van der Waals surface area contributed by atoms with Crippen molar-refractivity contribution >= 4 is 38.5 Å². The first-order valence-corrected chi connectivity index (χ1v) is 11.3. The van der Waals surface area contributed by atoms with Gasteiger partial charge in [-0.05, 0) is 54.3 Å². The highest BCUT2D eigenvalue weighted by Crippen LogP contribution is 2.38. The maximum atomic E-state index is 12.9. The monoisotopic (exact) mass is 422 g/mol. The van der Waals surface area contributed by atoms with Gasteiger partial charge in [-0.15, -0.1) is 0 Å². The summed E-state index contributed by atoms with van der Waals surface area (Å²) in [6, 6.07) is 21.7. The van der Waals surface area contributed by atoms with Crippen molar-refractivity contribution in [1.82, 2.24) is 0 Å². The molecule has 1 aliphatic heterocycles. The zero-order valence-electron chi connectivity index (χ0n) is 15.6. The van der Waals surface area contributed by atoms with Crippen LogP contribution in [0.15, 0.2) is 77.7 Å². The molecule has 0 spiro atoms. The average Bonchev–Trinajstić information content (AvgIpc) is 2.73. The Morgan fingerprint density at radius 3 is 2.55 bits per heavy atom. The van der Waals surface area contributed by atoms with Gasteiger partial charge in [-0.1, -0.05) is 48.0 Å². The summed E-state index contributed by atoms with van der Waals surface area (Å²) in [5.41, 5.74) is 3.45. The molecule has 4 nitrogen and oxygen atoms in total. The molecule has 0 aliphatic carbocycles. The molecule has 0 radical (unpaired) electrons. The second kappa shape index (κ2) is 7.90. The fourth-order valence-corrected chi connectivity index (χ4v) is 5.63. The predicted molar refractivity (Wildman–Crippen MR) is 117 cm³/mol. The van der Waals surface area contributed by atoms with Crippen molar-refractivity contribution in [2.24, 2.45) is 5.92 Å². The zero-order chi connectivity index (χ0) is 20.4. The van der Waals surface area contributed by atoms with Crippen LogP contribution in [0, 0.1) is 12.5 Å². The normalized spacial score (nSPS) is 16.1. The van der Waals surface area contributed by atoms with E-state index in [1.807, 2.05) is 42.5 Å². The molecule has 3 aromatic rings. The van der Waals surface area contributed by atoms with Gasteiger partial charge in [-0.3, -0.25) is 0 Å².